The lowest BCUT2D eigenvalue weighted by molar-refractivity contribution is 0.0905. The third-order valence-corrected chi connectivity index (χ3v) is 3.29. The molecule has 5 heteroatoms. The summed E-state index contributed by atoms with van der Waals surface area (Å²) >= 11 is 0. The molecule has 1 amide bonds. The minimum absolute atomic E-state index is 0.0437. The number of halogens is 2. The quantitative estimate of drug-likeness (QED) is 0.843. The van der Waals surface area contributed by atoms with E-state index in [-0.39, 0.29) is 12.0 Å². The average molecular weight is 254 g/mol. The lowest BCUT2D eigenvalue weighted by Crippen LogP contribution is -2.48. The number of amides is 1. The van der Waals surface area contributed by atoms with Crippen LogP contribution in [0.4, 0.5) is 8.78 Å². The van der Waals surface area contributed by atoms with Crippen molar-refractivity contribution in [1.82, 2.24) is 10.6 Å². The van der Waals surface area contributed by atoms with Crippen molar-refractivity contribution < 1.29 is 13.6 Å². The minimum atomic E-state index is -0.825. The summed E-state index contributed by atoms with van der Waals surface area (Å²) in [5.41, 5.74) is -0.497. The maximum absolute atomic E-state index is 13.4. The molecule has 1 aliphatic rings. The van der Waals surface area contributed by atoms with Crippen LogP contribution in [0.3, 0.4) is 0 Å². The van der Waals surface area contributed by atoms with Crippen molar-refractivity contribution in [2.24, 2.45) is 5.92 Å². The molecule has 1 aromatic rings. The van der Waals surface area contributed by atoms with Crippen LogP contribution in [0, 0.1) is 17.6 Å². The van der Waals surface area contributed by atoms with E-state index in [2.05, 4.69) is 10.6 Å². The van der Waals surface area contributed by atoms with Crippen molar-refractivity contribution >= 4 is 5.91 Å². The molecule has 0 radical (unpaired) electrons. The van der Waals surface area contributed by atoms with Crippen molar-refractivity contribution in [1.29, 1.82) is 0 Å². The zero-order valence-electron chi connectivity index (χ0n) is 10.2. The highest BCUT2D eigenvalue weighted by Gasteiger charge is 2.25. The van der Waals surface area contributed by atoms with Gasteiger partial charge in [-0.25, -0.2) is 8.78 Å². The van der Waals surface area contributed by atoms with Crippen molar-refractivity contribution in [3.63, 3.8) is 0 Å². The van der Waals surface area contributed by atoms with Gasteiger partial charge >= 0.3 is 0 Å². The summed E-state index contributed by atoms with van der Waals surface area (Å²) in [4.78, 5) is 11.9. The fraction of sp³-hybridized carbons (Fsp3) is 0.462. The van der Waals surface area contributed by atoms with Crippen LogP contribution in [0.25, 0.3) is 0 Å². The van der Waals surface area contributed by atoms with E-state index in [1.807, 2.05) is 6.92 Å². The zero-order chi connectivity index (χ0) is 13.1. The van der Waals surface area contributed by atoms with E-state index in [1.165, 1.54) is 6.07 Å². The van der Waals surface area contributed by atoms with Crippen molar-refractivity contribution in [2.45, 2.75) is 19.4 Å². The molecular weight excluding hydrogens is 238 g/mol. The van der Waals surface area contributed by atoms with Gasteiger partial charge in [0.2, 0.25) is 0 Å². The molecule has 18 heavy (non-hydrogen) atoms. The van der Waals surface area contributed by atoms with Crippen LogP contribution in [0.2, 0.25) is 0 Å². The van der Waals surface area contributed by atoms with Crippen LogP contribution in [-0.4, -0.2) is 25.0 Å². The highest BCUT2D eigenvalue weighted by Crippen LogP contribution is 2.15. The molecule has 98 valence electrons. The number of carbonyl (C=O) groups is 1. The molecular formula is C13H16F2N2O. The molecule has 2 N–H and O–H groups in total. The standard InChI is InChI=1S/C13H16F2N2O/c1-8-7-16-6-5-11(8)17-13(18)12-9(14)3-2-4-10(12)15/h2-4,8,11,16H,5-7H2,1H3,(H,17,18). The Morgan fingerprint density at radius 3 is 2.67 bits per heavy atom. The number of rotatable bonds is 2. The summed E-state index contributed by atoms with van der Waals surface area (Å²) in [6.07, 6.45) is 0.767. The van der Waals surface area contributed by atoms with Gasteiger partial charge in [0.25, 0.3) is 5.91 Å². The highest BCUT2D eigenvalue weighted by atomic mass is 19.1. The molecule has 3 nitrogen and oxygen atoms in total. The van der Waals surface area contributed by atoms with Crippen LogP contribution in [0.5, 0.6) is 0 Å². The third-order valence-electron chi connectivity index (χ3n) is 3.29. The molecule has 0 saturated carbocycles. The topological polar surface area (TPSA) is 41.1 Å². The van der Waals surface area contributed by atoms with Crippen LogP contribution in [0.1, 0.15) is 23.7 Å². The summed E-state index contributed by atoms with van der Waals surface area (Å²) in [6.45, 7) is 3.59. The van der Waals surface area contributed by atoms with E-state index in [0.717, 1.165) is 31.6 Å². The maximum atomic E-state index is 13.4. The van der Waals surface area contributed by atoms with E-state index >= 15 is 0 Å². The van der Waals surface area contributed by atoms with Gasteiger partial charge in [-0.15, -0.1) is 0 Å². The monoisotopic (exact) mass is 254 g/mol. The molecule has 0 spiro atoms. The molecule has 1 aliphatic heterocycles. The van der Waals surface area contributed by atoms with Gasteiger partial charge in [-0.3, -0.25) is 4.79 Å². The molecule has 2 atom stereocenters. The van der Waals surface area contributed by atoms with Gasteiger partial charge in [-0.2, -0.15) is 0 Å². The first kappa shape index (κ1) is 13.0. The summed E-state index contributed by atoms with van der Waals surface area (Å²) in [6, 6.07) is 3.38. The van der Waals surface area contributed by atoms with Crippen LogP contribution in [0.15, 0.2) is 18.2 Å². The Bertz CT molecular complexity index is 430. The van der Waals surface area contributed by atoms with Crippen LogP contribution in [-0.2, 0) is 0 Å². The SMILES string of the molecule is CC1CNCCC1NC(=O)c1c(F)cccc1F. The zero-order valence-corrected chi connectivity index (χ0v) is 10.2. The van der Waals surface area contributed by atoms with E-state index in [1.54, 1.807) is 0 Å². The average Bonchev–Trinajstić information content (AvgIpc) is 2.32. The molecule has 0 aromatic heterocycles. The maximum Gasteiger partial charge on any atom is 0.257 e. The van der Waals surface area contributed by atoms with Crippen molar-refractivity contribution in [2.75, 3.05) is 13.1 Å². The van der Waals surface area contributed by atoms with Gasteiger partial charge < -0.3 is 10.6 Å². The fourth-order valence-corrected chi connectivity index (χ4v) is 2.18. The van der Waals surface area contributed by atoms with Gasteiger partial charge in [0.1, 0.15) is 17.2 Å². The second-order valence-electron chi connectivity index (χ2n) is 4.65. The second-order valence-corrected chi connectivity index (χ2v) is 4.65. The number of benzene rings is 1. The summed E-state index contributed by atoms with van der Waals surface area (Å²) in [5, 5.41) is 5.91. The van der Waals surface area contributed by atoms with Gasteiger partial charge in [0, 0.05) is 6.04 Å². The Kier molecular flexibility index (Phi) is 3.91. The molecule has 1 fully saturated rings. The molecule has 1 saturated heterocycles. The number of piperidine rings is 1. The lowest BCUT2D eigenvalue weighted by atomic mass is 9.95. The molecule has 2 rings (SSSR count). The number of nitrogens with one attached hydrogen (secondary N) is 2. The normalized spacial score (nSPS) is 23.7. The first-order valence-electron chi connectivity index (χ1n) is 6.05. The van der Waals surface area contributed by atoms with Gasteiger partial charge in [0.15, 0.2) is 0 Å². The van der Waals surface area contributed by atoms with Crippen molar-refractivity contribution in [3.05, 3.63) is 35.4 Å². The van der Waals surface area contributed by atoms with E-state index in [9.17, 15) is 13.6 Å². The second kappa shape index (κ2) is 5.44. The van der Waals surface area contributed by atoms with E-state index < -0.39 is 23.1 Å². The van der Waals surface area contributed by atoms with Crippen LogP contribution >= 0.6 is 0 Å². The molecule has 0 bridgehead atoms. The Morgan fingerprint density at radius 2 is 2.06 bits per heavy atom. The van der Waals surface area contributed by atoms with Gasteiger partial charge in [0.05, 0.1) is 0 Å². The molecule has 1 heterocycles. The fourth-order valence-electron chi connectivity index (χ4n) is 2.18. The Morgan fingerprint density at radius 1 is 1.39 bits per heavy atom. The van der Waals surface area contributed by atoms with E-state index in [4.69, 9.17) is 0 Å². The first-order valence-corrected chi connectivity index (χ1v) is 6.05. The molecule has 0 aliphatic carbocycles. The Balaban J connectivity index is 2.12. The molecule has 1 aromatic carbocycles. The Hall–Kier alpha value is -1.49. The predicted octanol–water partition coefficient (Wildman–Crippen LogP) is 1.69. The van der Waals surface area contributed by atoms with Crippen LogP contribution < -0.4 is 10.6 Å². The predicted molar refractivity (Wildman–Crippen MR) is 64.3 cm³/mol. The molecule has 2 unspecified atom stereocenters. The number of hydrogen-bond donors (Lipinski definition) is 2. The van der Waals surface area contributed by atoms with Crippen molar-refractivity contribution in [3.8, 4) is 0 Å². The summed E-state index contributed by atoms with van der Waals surface area (Å²) in [5.74, 6) is -2.08. The summed E-state index contributed by atoms with van der Waals surface area (Å²) in [7, 11) is 0. The largest absolute Gasteiger partial charge is 0.349 e. The highest BCUT2D eigenvalue weighted by molar-refractivity contribution is 5.94. The third kappa shape index (κ3) is 2.67. The van der Waals surface area contributed by atoms with E-state index in [0.29, 0.717) is 0 Å². The lowest BCUT2D eigenvalue weighted by Gasteiger charge is -2.30. The summed E-state index contributed by atoms with van der Waals surface area (Å²) < 4.78 is 26.9. The first-order chi connectivity index (χ1) is 8.59. The smallest absolute Gasteiger partial charge is 0.257 e. The van der Waals surface area contributed by atoms with Gasteiger partial charge in [-0.05, 0) is 37.6 Å². The van der Waals surface area contributed by atoms with Gasteiger partial charge in [-0.1, -0.05) is 13.0 Å². The minimum Gasteiger partial charge on any atom is -0.349 e. The number of carbonyl (C=O) groups excluding carboxylic acids is 1. The number of hydrogen-bond acceptors (Lipinski definition) is 2. The Labute approximate surface area is 105 Å².